The second-order valence-electron chi connectivity index (χ2n) is 3.95. The molecule has 0 spiro atoms. The van der Waals surface area contributed by atoms with Crippen LogP contribution in [0.25, 0.3) is 0 Å². The first-order valence-corrected chi connectivity index (χ1v) is 5.85. The quantitative estimate of drug-likeness (QED) is 0.803. The van der Waals surface area contributed by atoms with E-state index >= 15 is 0 Å². The van der Waals surface area contributed by atoms with E-state index in [1.54, 1.807) is 12.1 Å². The van der Waals surface area contributed by atoms with Crippen molar-refractivity contribution in [3.8, 4) is 5.75 Å². The zero-order valence-corrected chi connectivity index (χ0v) is 11.2. The Hall–Kier alpha value is -2.21. The van der Waals surface area contributed by atoms with E-state index in [1.165, 1.54) is 13.3 Å². The zero-order valence-electron chi connectivity index (χ0n) is 10.5. The second kappa shape index (κ2) is 5.19. The third-order valence-corrected chi connectivity index (χ3v) is 3.05. The number of aromatic amines is 1. The minimum atomic E-state index is -0.369. The molecular formula is C12H13ClN4O2. The molecule has 1 aromatic heterocycles. The molecule has 0 radical (unpaired) electrons. The number of nitrogen functional groups attached to an aromatic ring is 1. The Labute approximate surface area is 114 Å². The topological polar surface area (TPSA) is 93.0 Å². The normalized spacial score (nSPS) is 10.3. The summed E-state index contributed by atoms with van der Waals surface area (Å²) in [6, 6.07) is 3.38. The number of methoxy groups -OCH3 is 1. The van der Waals surface area contributed by atoms with Crippen molar-refractivity contribution in [2.75, 3.05) is 18.2 Å². The third kappa shape index (κ3) is 2.63. The number of nitrogens with zero attached hydrogens (tertiary/aromatic N) is 1. The summed E-state index contributed by atoms with van der Waals surface area (Å²) in [7, 11) is 1.50. The number of carbonyl (C=O) groups excluding carboxylic acids is 1. The molecule has 2 rings (SSSR count). The van der Waals surface area contributed by atoms with Crippen LogP contribution in [0.2, 0.25) is 5.02 Å². The fourth-order valence-corrected chi connectivity index (χ4v) is 1.75. The Morgan fingerprint density at radius 3 is 2.84 bits per heavy atom. The van der Waals surface area contributed by atoms with Crippen LogP contribution in [0, 0.1) is 6.92 Å². The molecule has 0 atom stereocenters. The number of hydrogen-bond acceptors (Lipinski definition) is 4. The van der Waals surface area contributed by atoms with E-state index in [-0.39, 0.29) is 17.3 Å². The van der Waals surface area contributed by atoms with Crippen molar-refractivity contribution in [1.82, 2.24) is 10.2 Å². The van der Waals surface area contributed by atoms with Crippen molar-refractivity contribution in [3.63, 3.8) is 0 Å². The summed E-state index contributed by atoms with van der Waals surface area (Å²) in [5, 5.41) is 9.47. The van der Waals surface area contributed by atoms with E-state index in [9.17, 15) is 4.79 Å². The Morgan fingerprint density at radius 1 is 1.53 bits per heavy atom. The maximum atomic E-state index is 12.0. The lowest BCUT2D eigenvalue weighted by molar-refractivity contribution is 0.102. The first-order chi connectivity index (χ1) is 9.02. The molecule has 0 fully saturated rings. The van der Waals surface area contributed by atoms with Gasteiger partial charge in [0.25, 0.3) is 5.91 Å². The number of anilines is 2. The highest BCUT2D eigenvalue weighted by Gasteiger charge is 2.15. The van der Waals surface area contributed by atoms with Gasteiger partial charge < -0.3 is 15.8 Å². The Morgan fingerprint density at radius 2 is 2.26 bits per heavy atom. The van der Waals surface area contributed by atoms with Crippen LogP contribution in [0.1, 0.15) is 15.9 Å². The molecule has 0 aliphatic carbocycles. The summed E-state index contributed by atoms with van der Waals surface area (Å²) in [6.45, 7) is 1.84. The van der Waals surface area contributed by atoms with E-state index in [0.29, 0.717) is 16.5 Å². The van der Waals surface area contributed by atoms with Crippen molar-refractivity contribution >= 4 is 29.0 Å². The molecule has 19 heavy (non-hydrogen) atoms. The van der Waals surface area contributed by atoms with Gasteiger partial charge in [0.1, 0.15) is 17.1 Å². The maximum Gasteiger partial charge on any atom is 0.261 e. The van der Waals surface area contributed by atoms with Gasteiger partial charge >= 0.3 is 0 Å². The second-order valence-corrected chi connectivity index (χ2v) is 4.36. The summed E-state index contributed by atoms with van der Waals surface area (Å²) in [4.78, 5) is 12.0. The molecular weight excluding hydrogens is 268 g/mol. The number of halogens is 1. The molecule has 7 heteroatoms. The van der Waals surface area contributed by atoms with Crippen LogP contribution in [0.5, 0.6) is 5.75 Å². The number of carbonyl (C=O) groups is 1. The van der Waals surface area contributed by atoms with Gasteiger partial charge in [0.2, 0.25) is 0 Å². The zero-order chi connectivity index (χ0) is 14.0. The van der Waals surface area contributed by atoms with Crippen LogP contribution < -0.4 is 15.8 Å². The molecule has 100 valence electrons. The van der Waals surface area contributed by atoms with Gasteiger partial charge in [-0.2, -0.15) is 5.10 Å². The average molecular weight is 281 g/mol. The summed E-state index contributed by atoms with van der Waals surface area (Å²) in [5.41, 5.74) is 7.22. The fourth-order valence-electron chi connectivity index (χ4n) is 1.60. The first kappa shape index (κ1) is 13.2. The number of ether oxygens (including phenoxy) is 1. The van der Waals surface area contributed by atoms with E-state index in [2.05, 4.69) is 15.5 Å². The highest BCUT2D eigenvalue weighted by molar-refractivity contribution is 6.31. The third-order valence-electron chi connectivity index (χ3n) is 2.64. The predicted octanol–water partition coefficient (Wildman–Crippen LogP) is 2.21. The van der Waals surface area contributed by atoms with Crippen molar-refractivity contribution in [1.29, 1.82) is 0 Å². The number of nitrogens with one attached hydrogen (secondary N) is 2. The molecule has 0 bridgehead atoms. The Bertz CT molecular complexity index is 624. The van der Waals surface area contributed by atoms with Gasteiger partial charge in [0, 0.05) is 11.1 Å². The highest BCUT2D eigenvalue weighted by atomic mass is 35.5. The molecule has 2 aromatic rings. The average Bonchev–Trinajstić information content (AvgIpc) is 2.79. The number of hydrogen-bond donors (Lipinski definition) is 3. The minimum Gasteiger partial charge on any atom is -0.495 e. The lowest BCUT2D eigenvalue weighted by atomic mass is 10.2. The predicted molar refractivity (Wildman–Crippen MR) is 73.7 cm³/mol. The van der Waals surface area contributed by atoms with Gasteiger partial charge in [-0.15, -0.1) is 0 Å². The lowest BCUT2D eigenvalue weighted by Crippen LogP contribution is -2.13. The molecule has 1 aromatic carbocycles. The number of benzene rings is 1. The van der Waals surface area contributed by atoms with Crippen LogP contribution in [0.4, 0.5) is 11.5 Å². The van der Waals surface area contributed by atoms with E-state index in [4.69, 9.17) is 22.1 Å². The first-order valence-electron chi connectivity index (χ1n) is 5.47. The molecule has 0 aliphatic heterocycles. The fraction of sp³-hybridized carbons (Fsp3) is 0.167. The number of rotatable bonds is 3. The number of amides is 1. The van der Waals surface area contributed by atoms with Crippen molar-refractivity contribution < 1.29 is 9.53 Å². The number of nitrogens with two attached hydrogens (primary N) is 1. The van der Waals surface area contributed by atoms with Gasteiger partial charge in [0.15, 0.2) is 0 Å². The van der Waals surface area contributed by atoms with Crippen molar-refractivity contribution in [2.24, 2.45) is 0 Å². The van der Waals surface area contributed by atoms with Crippen LogP contribution in [-0.2, 0) is 0 Å². The Balaban J connectivity index is 2.31. The van der Waals surface area contributed by atoms with E-state index < -0.39 is 0 Å². The number of H-pyrrole nitrogens is 1. The molecule has 0 unspecified atom stereocenters. The number of aryl methyl sites for hydroxylation is 1. The van der Waals surface area contributed by atoms with Gasteiger partial charge in [-0.3, -0.25) is 9.89 Å². The van der Waals surface area contributed by atoms with Crippen LogP contribution >= 0.6 is 11.6 Å². The molecule has 1 heterocycles. The maximum absolute atomic E-state index is 12.0. The minimum absolute atomic E-state index is 0.210. The highest BCUT2D eigenvalue weighted by Crippen LogP contribution is 2.31. The summed E-state index contributed by atoms with van der Waals surface area (Å²) < 4.78 is 5.18. The summed E-state index contributed by atoms with van der Waals surface area (Å²) in [5.74, 6) is 0.319. The lowest BCUT2D eigenvalue weighted by Gasteiger charge is -2.11. The number of aromatic nitrogens is 2. The molecule has 0 saturated heterocycles. The van der Waals surface area contributed by atoms with Gasteiger partial charge in [-0.1, -0.05) is 11.6 Å². The molecule has 4 N–H and O–H groups in total. The molecule has 6 nitrogen and oxygen atoms in total. The smallest absolute Gasteiger partial charge is 0.261 e. The van der Waals surface area contributed by atoms with Crippen LogP contribution in [0.3, 0.4) is 0 Å². The van der Waals surface area contributed by atoms with Crippen molar-refractivity contribution in [3.05, 3.63) is 34.5 Å². The van der Waals surface area contributed by atoms with Crippen LogP contribution in [-0.4, -0.2) is 23.2 Å². The van der Waals surface area contributed by atoms with Crippen LogP contribution in [0.15, 0.2) is 18.3 Å². The molecule has 1 amide bonds. The Kier molecular flexibility index (Phi) is 3.62. The summed E-state index contributed by atoms with van der Waals surface area (Å²) in [6.07, 6.45) is 1.36. The van der Waals surface area contributed by atoms with Gasteiger partial charge in [-0.05, 0) is 18.6 Å². The summed E-state index contributed by atoms with van der Waals surface area (Å²) >= 11 is 6.00. The standard InChI is InChI=1S/C12H13ClN4O2/c1-6-3-9(10(19-2)4-8(6)13)16-12(18)7-5-15-17-11(7)14/h3-5H,1-2H3,(H,16,18)(H3,14,15,17). The largest absolute Gasteiger partial charge is 0.495 e. The molecule has 0 saturated carbocycles. The van der Waals surface area contributed by atoms with Gasteiger partial charge in [-0.25, -0.2) is 0 Å². The van der Waals surface area contributed by atoms with Crippen molar-refractivity contribution in [2.45, 2.75) is 6.92 Å². The van der Waals surface area contributed by atoms with E-state index in [1.807, 2.05) is 6.92 Å². The molecule has 0 aliphatic rings. The van der Waals surface area contributed by atoms with Gasteiger partial charge in [0.05, 0.1) is 19.0 Å². The van der Waals surface area contributed by atoms with E-state index in [0.717, 1.165) is 5.56 Å². The SMILES string of the molecule is COc1cc(Cl)c(C)cc1NC(=O)c1cn[nH]c1N. The monoisotopic (exact) mass is 280 g/mol.